The number of sulfonamides is 1. The highest BCUT2D eigenvalue weighted by molar-refractivity contribution is 7.92. The second-order valence-corrected chi connectivity index (χ2v) is 11.3. The standard InChI is InChI=1S/C27H39N3O5S/c1-20(2)18-28-27(32)22(4)29(19-23-11-8-7-10-21(23)3)26(31)12-9-17-30(36(6,33)34)24-13-15-25(35-5)16-14-24/h7-8,10-11,13-16,20,22H,9,12,17-19H2,1-6H3,(H,28,32)/t22-/m1/s1. The maximum absolute atomic E-state index is 13.4. The van der Waals surface area contributed by atoms with Gasteiger partial charge in [-0.25, -0.2) is 8.42 Å². The van der Waals surface area contributed by atoms with Crippen molar-refractivity contribution in [2.45, 2.75) is 53.1 Å². The number of amides is 2. The number of carbonyl (C=O) groups is 2. The average molecular weight is 518 g/mol. The van der Waals surface area contributed by atoms with E-state index in [2.05, 4.69) is 5.32 Å². The van der Waals surface area contributed by atoms with Gasteiger partial charge in [-0.15, -0.1) is 0 Å². The topological polar surface area (TPSA) is 96.0 Å². The van der Waals surface area contributed by atoms with Crippen LogP contribution in [0.5, 0.6) is 5.75 Å². The van der Waals surface area contributed by atoms with E-state index in [1.165, 1.54) is 4.31 Å². The fourth-order valence-electron chi connectivity index (χ4n) is 3.76. The first-order valence-electron chi connectivity index (χ1n) is 12.2. The first kappa shape index (κ1) is 29.2. The molecule has 2 aromatic rings. The summed E-state index contributed by atoms with van der Waals surface area (Å²) in [5.41, 5.74) is 2.50. The molecule has 198 valence electrons. The Balaban J connectivity index is 2.16. The third-order valence-electron chi connectivity index (χ3n) is 5.97. The molecule has 0 aromatic heterocycles. The molecule has 0 heterocycles. The van der Waals surface area contributed by atoms with Crippen molar-refractivity contribution in [1.29, 1.82) is 0 Å². The van der Waals surface area contributed by atoms with E-state index in [0.717, 1.165) is 17.4 Å². The summed E-state index contributed by atoms with van der Waals surface area (Å²) >= 11 is 0. The molecule has 2 rings (SSSR count). The summed E-state index contributed by atoms with van der Waals surface area (Å²) in [6.07, 6.45) is 1.56. The van der Waals surface area contributed by atoms with Crippen LogP contribution in [0.15, 0.2) is 48.5 Å². The van der Waals surface area contributed by atoms with Crippen LogP contribution in [-0.4, -0.2) is 57.6 Å². The maximum Gasteiger partial charge on any atom is 0.242 e. The molecule has 36 heavy (non-hydrogen) atoms. The number of rotatable bonds is 13. The molecule has 2 aromatic carbocycles. The van der Waals surface area contributed by atoms with Gasteiger partial charge in [-0.05, 0) is 61.6 Å². The molecular formula is C27H39N3O5S. The number of methoxy groups -OCH3 is 1. The molecule has 8 nitrogen and oxygen atoms in total. The lowest BCUT2D eigenvalue weighted by atomic mass is 10.1. The molecule has 0 aliphatic heterocycles. The Kier molecular flexibility index (Phi) is 10.8. The molecule has 0 spiro atoms. The van der Waals surface area contributed by atoms with Crippen molar-refractivity contribution in [3.8, 4) is 5.75 Å². The zero-order valence-corrected chi connectivity index (χ0v) is 23.0. The molecule has 0 bridgehead atoms. The normalized spacial score (nSPS) is 12.2. The Hall–Kier alpha value is -3.07. The highest BCUT2D eigenvalue weighted by atomic mass is 32.2. The SMILES string of the molecule is COc1ccc(N(CCCC(=O)N(Cc2ccccc2C)[C@H](C)C(=O)NCC(C)C)S(C)(=O)=O)cc1. The lowest BCUT2D eigenvalue weighted by molar-refractivity contribution is -0.140. The van der Waals surface area contributed by atoms with Crippen molar-refractivity contribution < 1.29 is 22.7 Å². The third kappa shape index (κ3) is 8.55. The maximum atomic E-state index is 13.4. The molecule has 1 atom stereocenters. The number of benzene rings is 2. The van der Waals surface area contributed by atoms with Gasteiger partial charge in [-0.2, -0.15) is 0 Å². The smallest absolute Gasteiger partial charge is 0.242 e. The largest absolute Gasteiger partial charge is 0.497 e. The van der Waals surface area contributed by atoms with Crippen LogP contribution < -0.4 is 14.4 Å². The van der Waals surface area contributed by atoms with Crippen molar-refractivity contribution in [3.63, 3.8) is 0 Å². The van der Waals surface area contributed by atoms with Crippen molar-refractivity contribution in [3.05, 3.63) is 59.7 Å². The molecule has 0 saturated heterocycles. The number of hydrogen-bond donors (Lipinski definition) is 1. The van der Waals surface area contributed by atoms with E-state index in [4.69, 9.17) is 4.74 Å². The molecule has 2 amide bonds. The van der Waals surface area contributed by atoms with Crippen LogP contribution in [0.1, 0.15) is 44.7 Å². The molecule has 0 aliphatic carbocycles. The van der Waals surface area contributed by atoms with Crippen LogP contribution in [0.2, 0.25) is 0 Å². The van der Waals surface area contributed by atoms with Crippen LogP contribution in [0.25, 0.3) is 0 Å². The predicted molar refractivity (Wildman–Crippen MR) is 143 cm³/mol. The van der Waals surface area contributed by atoms with Gasteiger partial charge in [0.1, 0.15) is 11.8 Å². The molecule has 0 aliphatic rings. The summed E-state index contributed by atoms with van der Waals surface area (Å²) in [6, 6.07) is 13.8. The van der Waals surface area contributed by atoms with Gasteiger partial charge in [0.05, 0.1) is 19.1 Å². The van der Waals surface area contributed by atoms with E-state index in [1.807, 2.05) is 45.0 Å². The number of hydrogen-bond acceptors (Lipinski definition) is 5. The third-order valence-corrected chi connectivity index (χ3v) is 7.16. The van der Waals surface area contributed by atoms with Crippen LogP contribution in [-0.2, 0) is 26.2 Å². The minimum atomic E-state index is -3.55. The Morgan fingerprint density at radius 1 is 1.03 bits per heavy atom. The van der Waals surface area contributed by atoms with Crippen LogP contribution in [0, 0.1) is 12.8 Å². The van der Waals surface area contributed by atoms with Crippen LogP contribution in [0.3, 0.4) is 0 Å². The van der Waals surface area contributed by atoms with E-state index in [-0.39, 0.29) is 24.8 Å². The van der Waals surface area contributed by atoms with Gasteiger partial charge >= 0.3 is 0 Å². The summed E-state index contributed by atoms with van der Waals surface area (Å²) in [7, 11) is -2.01. The van der Waals surface area contributed by atoms with Crippen molar-refractivity contribution >= 4 is 27.5 Å². The van der Waals surface area contributed by atoms with Crippen LogP contribution in [0.4, 0.5) is 5.69 Å². The highest BCUT2D eigenvalue weighted by Gasteiger charge is 2.27. The number of anilines is 1. The summed E-state index contributed by atoms with van der Waals surface area (Å²) in [5.74, 6) is 0.510. The highest BCUT2D eigenvalue weighted by Crippen LogP contribution is 2.22. The average Bonchev–Trinajstić information content (AvgIpc) is 2.83. The minimum Gasteiger partial charge on any atom is -0.497 e. The van der Waals surface area contributed by atoms with Gasteiger partial charge in [-0.1, -0.05) is 38.1 Å². The fourth-order valence-corrected chi connectivity index (χ4v) is 4.72. The molecular weight excluding hydrogens is 478 g/mol. The minimum absolute atomic E-state index is 0.107. The summed E-state index contributed by atoms with van der Waals surface area (Å²) in [4.78, 5) is 27.8. The molecule has 0 radical (unpaired) electrons. The first-order chi connectivity index (χ1) is 16.9. The Bertz CT molecular complexity index is 1120. The van der Waals surface area contributed by atoms with Crippen molar-refractivity contribution in [2.75, 3.05) is 30.8 Å². The lowest BCUT2D eigenvalue weighted by Crippen LogP contribution is -2.48. The Morgan fingerprint density at radius 2 is 1.67 bits per heavy atom. The van der Waals surface area contributed by atoms with Crippen LogP contribution >= 0.6 is 0 Å². The summed E-state index contributed by atoms with van der Waals surface area (Å²) in [6.45, 7) is 8.70. The van der Waals surface area contributed by atoms with Gasteiger partial charge in [0.25, 0.3) is 0 Å². The van der Waals surface area contributed by atoms with Gasteiger partial charge in [0.15, 0.2) is 0 Å². The second-order valence-electron chi connectivity index (χ2n) is 9.40. The van der Waals surface area contributed by atoms with Gasteiger partial charge < -0.3 is 15.0 Å². The zero-order chi connectivity index (χ0) is 26.9. The number of nitrogens with one attached hydrogen (secondary N) is 1. The van der Waals surface area contributed by atoms with Gasteiger partial charge in [0, 0.05) is 26.1 Å². The number of nitrogens with zero attached hydrogens (tertiary/aromatic N) is 2. The first-order valence-corrected chi connectivity index (χ1v) is 14.0. The number of carbonyl (C=O) groups excluding carboxylic acids is 2. The molecule has 0 fully saturated rings. The molecule has 1 N–H and O–H groups in total. The van der Waals surface area contributed by atoms with Crippen molar-refractivity contribution in [1.82, 2.24) is 10.2 Å². The Labute approximate surface area is 215 Å². The fraction of sp³-hybridized carbons (Fsp3) is 0.481. The predicted octanol–water partition coefficient (Wildman–Crippen LogP) is 3.74. The quantitative estimate of drug-likeness (QED) is 0.437. The number of aryl methyl sites for hydroxylation is 1. The summed E-state index contributed by atoms with van der Waals surface area (Å²) in [5, 5.41) is 2.91. The zero-order valence-electron chi connectivity index (χ0n) is 22.2. The van der Waals surface area contributed by atoms with Gasteiger partial charge in [-0.3, -0.25) is 13.9 Å². The summed E-state index contributed by atoms with van der Waals surface area (Å²) < 4.78 is 31.3. The van der Waals surface area contributed by atoms with Crippen molar-refractivity contribution in [2.24, 2.45) is 5.92 Å². The molecule has 9 heteroatoms. The Morgan fingerprint density at radius 3 is 2.22 bits per heavy atom. The number of ether oxygens (including phenoxy) is 1. The van der Waals surface area contributed by atoms with E-state index in [0.29, 0.717) is 36.9 Å². The molecule has 0 saturated carbocycles. The van der Waals surface area contributed by atoms with E-state index in [1.54, 1.807) is 43.2 Å². The molecule has 0 unspecified atom stereocenters. The lowest BCUT2D eigenvalue weighted by Gasteiger charge is -2.30. The van der Waals surface area contributed by atoms with E-state index >= 15 is 0 Å². The van der Waals surface area contributed by atoms with E-state index in [9.17, 15) is 18.0 Å². The monoisotopic (exact) mass is 517 g/mol. The van der Waals surface area contributed by atoms with E-state index < -0.39 is 16.1 Å². The second kappa shape index (κ2) is 13.3. The van der Waals surface area contributed by atoms with Gasteiger partial charge in [0.2, 0.25) is 21.8 Å².